The third-order valence-electron chi connectivity index (χ3n) is 5.12. The number of nitrogens with one attached hydrogen (secondary N) is 2. The first-order valence-corrected chi connectivity index (χ1v) is 10.3. The summed E-state index contributed by atoms with van der Waals surface area (Å²) in [7, 11) is 0. The minimum atomic E-state index is -0.580. The fourth-order valence-corrected chi connectivity index (χ4v) is 3.56. The number of carbonyl (C=O) groups is 2. The molecule has 1 aliphatic rings. The average Bonchev–Trinajstić information content (AvgIpc) is 2.75. The number of hydrogen-bond acceptors (Lipinski definition) is 3. The molecule has 1 atom stereocenters. The van der Waals surface area contributed by atoms with E-state index < -0.39 is 12.1 Å². The van der Waals surface area contributed by atoms with Gasteiger partial charge in [-0.3, -0.25) is 4.79 Å². The predicted octanol–water partition coefficient (Wildman–Crippen LogP) is 5.61. The molecule has 0 bridgehead atoms. The minimum absolute atomic E-state index is 0.126. The van der Waals surface area contributed by atoms with Crippen molar-refractivity contribution in [1.29, 1.82) is 0 Å². The van der Waals surface area contributed by atoms with E-state index in [1.54, 1.807) is 54.3 Å². The number of halogens is 1. The van der Waals surface area contributed by atoms with Gasteiger partial charge in [0.2, 0.25) is 0 Å². The van der Waals surface area contributed by atoms with E-state index in [2.05, 4.69) is 10.6 Å². The monoisotopic (exact) mass is 435 g/mol. The molecule has 7 heteroatoms. The van der Waals surface area contributed by atoms with Crippen molar-refractivity contribution in [3.8, 4) is 5.75 Å². The Labute approximate surface area is 185 Å². The van der Waals surface area contributed by atoms with Gasteiger partial charge in [0.1, 0.15) is 5.75 Å². The Morgan fingerprint density at radius 2 is 1.71 bits per heavy atom. The Bertz CT molecular complexity index is 1130. The van der Waals surface area contributed by atoms with E-state index in [1.165, 1.54) is 0 Å². The fourth-order valence-electron chi connectivity index (χ4n) is 3.43. The van der Waals surface area contributed by atoms with Crippen LogP contribution in [0.4, 0.5) is 21.9 Å². The van der Waals surface area contributed by atoms with Gasteiger partial charge in [-0.15, -0.1) is 0 Å². The van der Waals surface area contributed by atoms with Crippen molar-refractivity contribution in [3.05, 3.63) is 82.9 Å². The molecule has 31 heavy (non-hydrogen) atoms. The van der Waals surface area contributed by atoms with Gasteiger partial charge in [-0.05, 0) is 67.4 Å². The molecular weight excluding hydrogens is 414 g/mol. The number of ether oxygens (including phenoxy) is 1. The van der Waals surface area contributed by atoms with E-state index in [0.29, 0.717) is 34.4 Å². The van der Waals surface area contributed by atoms with Crippen LogP contribution in [-0.2, 0) is 11.3 Å². The van der Waals surface area contributed by atoms with E-state index in [4.69, 9.17) is 16.3 Å². The summed E-state index contributed by atoms with van der Waals surface area (Å²) in [5, 5.41) is 6.14. The van der Waals surface area contributed by atoms with Crippen LogP contribution in [0.25, 0.3) is 0 Å². The Kier molecular flexibility index (Phi) is 5.82. The lowest BCUT2D eigenvalue weighted by atomic mass is 10.1. The maximum absolute atomic E-state index is 12.9. The number of urea groups is 1. The molecule has 0 saturated carbocycles. The SMILES string of the molecule is Cc1ccccc1CN1C(=O)C(C)Oc2ccc(NC(=O)Nc3ccc(Cl)cc3)cc21. The van der Waals surface area contributed by atoms with Crippen LogP contribution in [0.5, 0.6) is 5.75 Å². The molecular formula is C24H22ClN3O3. The van der Waals surface area contributed by atoms with Gasteiger partial charge in [0.05, 0.1) is 12.2 Å². The number of rotatable bonds is 4. The number of amides is 3. The highest BCUT2D eigenvalue weighted by atomic mass is 35.5. The zero-order valence-corrected chi connectivity index (χ0v) is 17.9. The standard InChI is InChI=1S/C24H22ClN3O3/c1-15-5-3-4-6-17(15)14-28-21-13-20(11-12-22(21)31-16(2)23(28)29)27-24(30)26-19-9-7-18(25)8-10-19/h3-13,16H,14H2,1-2H3,(H2,26,27,30). The van der Waals surface area contributed by atoms with Gasteiger partial charge in [0.15, 0.2) is 6.10 Å². The molecule has 2 N–H and O–H groups in total. The van der Waals surface area contributed by atoms with Gasteiger partial charge in [-0.25, -0.2) is 4.79 Å². The molecule has 3 aromatic carbocycles. The lowest BCUT2D eigenvalue weighted by Crippen LogP contribution is -2.44. The molecule has 0 saturated heterocycles. The molecule has 4 rings (SSSR count). The molecule has 0 fully saturated rings. The third-order valence-corrected chi connectivity index (χ3v) is 5.37. The minimum Gasteiger partial charge on any atom is -0.479 e. The van der Waals surface area contributed by atoms with Crippen LogP contribution in [0.1, 0.15) is 18.1 Å². The summed E-state index contributed by atoms with van der Waals surface area (Å²) in [6.07, 6.45) is -0.580. The Morgan fingerprint density at radius 3 is 2.45 bits per heavy atom. The summed E-state index contributed by atoms with van der Waals surface area (Å²) in [6.45, 7) is 4.18. The number of anilines is 3. The fraction of sp³-hybridized carbons (Fsp3) is 0.167. The third kappa shape index (κ3) is 4.64. The van der Waals surface area contributed by atoms with Gasteiger partial charge in [-0.1, -0.05) is 35.9 Å². The van der Waals surface area contributed by atoms with Crippen LogP contribution in [0.2, 0.25) is 5.02 Å². The Balaban J connectivity index is 1.57. The Morgan fingerprint density at radius 1 is 1.03 bits per heavy atom. The van der Waals surface area contributed by atoms with E-state index >= 15 is 0 Å². The van der Waals surface area contributed by atoms with Gasteiger partial charge >= 0.3 is 6.03 Å². The smallest absolute Gasteiger partial charge is 0.323 e. The largest absolute Gasteiger partial charge is 0.479 e. The first kappa shape index (κ1) is 20.8. The van der Waals surface area contributed by atoms with Gasteiger partial charge < -0.3 is 20.3 Å². The van der Waals surface area contributed by atoms with Crippen LogP contribution >= 0.6 is 11.6 Å². The number of fused-ring (bicyclic) bond motifs is 1. The summed E-state index contributed by atoms with van der Waals surface area (Å²) >= 11 is 5.88. The number of nitrogens with zero attached hydrogens (tertiary/aromatic N) is 1. The van der Waals surface area contributed by atoms with Gasteiger partial charge in [-0.2, -0.15) is 0 Å². The lowest BCUT2D eigenvalue weighted by molar-refractivity contribution is -0.125. The average molecular weight is 436 g/mol. The molecule has 6 nitrogen and oxygen atoms in total. The molecule has 0 aliphatic carbocycles. The van der Waals surface area contributed by atoms with Crippen molar-refractivity contribution in [3.63, 3.8) is 0 Å². The normalized spacial score (nSPS) is 15.1. The highest BCUT2D eigenvalue weighted by Crippen LogP contribution is 2.37. The van der Waals surface area contributed by atoms with Crippen molar-refractivity contribution in [2.75, 3.05) is 15.5 Å². The zero-order valence-electron chi connectivity index (χ0n) is 17.2. The van der Waals surface area contributed by atoms with E-state index in [9.17, 15) is 9.59 Å². The van der Waals surface area contributed by atoms with Crippen molar-refractivity contribution < 1.29 is 14.3 Å². The quantitative estimate of drug-likeness (QED) is 0.559. The molecule has 1 heterocycles. The molecule has 1 unspecified atom stereocenters. The summed E-state index contributed by atoms with van der Waals surface area (Å²) < 4.78 is 5.78. The van der Waals surface area contributed by atoms with Gasteiger partial charge in [0.25, 0.3) is 5.91 Å². The van der Waals surface area contributed by atoms with E-state index in [0.717, 1.165) is 11.1 Å². The highest BCUT2D eigenvalue weighted by Gasteiger charge is 2.32. The summed E-state index contributed by atoms with van der Waals surface area (Å²) in [6, 6.07) is 19.6. The first-order chi connectivity index (χ1) is 14.9. The molecule has 3 amide bonds. The molecule has 1 aliphatic heterocycles. The number of aryl methyl sites for hydroxylation is 1. The maximum atomic E-state index is 12.9. The predicted molar refractivity (Wildman–Crippen MR) is 123 cm³/mol. The second kappa shape index (κ2) is 8.70. The number of hydrogen-bond donors (Lipinski definition) is 2. The second-order valence-electron chi connectivity index (χ2n) is 7.38. The Hall–Kier alpha value is -3.51. The lowest BCUT2D eigenvalue weighted by Gasteiger charge is -2.33. The maximum Gasteiger partial charge on any atom is 0.323 e. The first-order valence-electron chi connectivity index (χ1n) is 9.91. The van der Waals surface area contributed by atoms with Crippen LogP contribution < -0.4 is 20.3 Å². The van der Waals surface area contributed by atoms with Crippen molar-refractivity contribution in [2.45, 2.75) is 26.5 Å². The zero-order chi connectivity index (χ0) is 22.0. The van der Waals surface area contributed by atoms with Gasteiger partial charge in [0, 0.05) is 16.4 Å². The summed E-state index contributed by atoms with van der Waals surface area (Å²) in [5.74, 6) is 0.475. The van der Waals surface area contributed by atoms with Crippen LogP contribution in [0.3, 0.4) is 0 Å². The van der Waals surface area contributed by atoms with Crippen LogP contribution in [0.15, 0.2) is 66.7 Å². The van der Waals surface area contributed by atoms with Crippen LogP contribution in [0, 0.1) is 6.92 Å². The molecule has 0 radical (unpaired) electrons. The topological polar surface area (TPSA) is 70.7 Å². The van der Waals surface area contributed by atoms with Crippen molar-refractivity contribution in [1.82, 2.24) is 0 Å². The van der Waals surface area contributed by atoms with E-state index in [-0.39, 0.29) is 5.91 Å². The van der Waals surface area contributed by atoms with Crippen LogP contribution in [-0.4, -0.2) is 18.0 Å². The molecule has 0 spiro atoms. The highest BCUT2D eigenvalue weighted by molar-refractivity contribution is 6.30. The number of carbonyl (C=O) groups excluding carboxylic acids is 2. The summed E-state index contributed by atoms with van der Waals surface area (Å²) in [5.41, 5.74) is 3.94. The van der Waals surface area contributed by atoms with E-state index in [1.807, 2.05) is 31.2 Å². The summed E-state index contributed by atoms with van der Waals surface area (Å²) in [4.78, 5) is 27.0. The molecule has 0 aromatic heterocycles. The second-order valence-corrected chi connectivity index (χ2v) is 7.82. The van der Waals surface area contributed by atoms with Crippen molar-refractivity contribution in [2.24, 2.45) is 0 Å². The van der Waals surface area contributed by atoms with Crippen molar-refractivity contribution >= 4 is 40.6 Å². The molecule has 158 valence electrons. The molecule has 3 aromatic rings. The number of benzene rings is 3.